The maximum atomic E-state index is 12.7. The van der Waals surface area contributed by atoms with Crippen molar-refractivity contribution >= 4 is 22.7 Å². The minimum Gasteiger partial charge on any atom is -0.494 e. The first-order valence-electron chi connectivity index (χ1n) is 15.7. The first kappa shape index (κ1) is 35.4. The van der Waals surface area contributed by atoms with Crippen LogP contribution >= 0.6 is 0 Å². The lowest BCUT2D eigenvalue weighted by Crippen LogP contribution is -2.08. The molecule has 0 unspecified atom stereocenters. The van der Waals surface area contributed by atoms with Crippen molar-refractivity contribution < 1.29 is 47.8 Å². The number of benzene rings is 4. The Labute approximate surface area is 280 Å². The van der Waals surface area contributed by atoms with E-state index in [0.29, 0.717) is 61.4 Å². The van der Waals surface area contributed by atoms with Gasteiger partial charge in [-0.25, -0.2) is 9.59 Å². The fourth-order valence-corrected chi connectivity index (χ4v) is 4.23. The van der Waals surface area contributed by atoms with Gasteiger partial charge in [0.1, 0.15) is 35.0 Å². The second-order valence-corrected chi connectivity index (χ2v) is 10.3. The lowest BCUT2D eigenvalue weighted by Gasteiger charge is -2.11. The van der Waals surface area contributed by atoms with Crippen LogP contribution < -0.4 is 23.7 Å². The van der Waals surface area contributed by atoms with E-state index in [1.54, 1.807) is 42.5 Å². The highest BCUT2D eigenvalue weighted by atomic mass is 17.2. The van der Waals surface area contributed by atoms with Crippen LogP contribution in [0.3, 0.4) is 0 Å². The molecule has 0 saturated heterocycles. The Balaban J connectivity index is 1.15. The number of rotatable bonds is 21. The third-order valence-corrected chi connectivity index (χ3v) is 6.73. The molecule has 0 bridgehead atoms. The van der Waals surface area contributed by atoms with Gasteiger partial charge in [0.25, 0.3) is 0 Å². The lowest BCUT2D eigenvalue weighted by atomic mass is 10.1. The molecule has 0 saturated carbocycles. The average Bonchev–Trinajstić information content (AvgIpc) is 3.11. The summed E-state index contributed by atoms with van der Waals surface area (Å²) in [5, 5.41) is 1.81. The molecular weight excluding hydrogens is 616 g/mol. The Bertz CT molecular complexity index is 1610. The summed E-state index contributed by atoms with van der Waals surface area (Å²) in [6.45, 7) is 7.11. The lowest BCUT2D eigenvalue weighted by molar-refractivity contribution is -0.249. The molecule has 252 valence electrons. The Hall–Kier alpha value is -5.48. The Morgan fingerprint density at radius 2 is 1.15 bits per heavy atom. The molecule has 48 heavy (non-hydrogen) atoms. The third kappa shape index (κ3) is 12.4. The number of esters is 2. The molecule has 0 atom stereocenters. The van der Waals surface area contributed by atoms with E-state index in [9.17, 15) is 9.59 Å². The number of hydrogen-bond acceptors (Lipinski definition) is 10. The van der Waals surface area contributed by atoms with Crippen molar-refractivity contribution in [2.24, 2.45) is 0 Å². The van der Waals surface area contributed by atoms with Crippen molar-refractivity contribution in [1.82, 2.24) is 0 Å². The van der Waals surface area contributed by atoms with Gasteiger partial charge in [0.2, 0.25) is 6.79 Å². The Morgan fingerprint density at radius 3 is 1.79 bits per heavy atom. The topological polar surface area (TPSA) is 108 Å². The minimum atomic E-state index is -0.474. The molecule has 0 radical (unpaired) electrons. The molecule has 0 heterocycles. The third-order valence-electron chi connectivity index (χ3n) is 6.73. The number of hydrogen-bond donors (Lipinski definition) is 0. The van der Waals surface area contributed by atoms with Crippen molar-refractivity contribution in [3.63, 3.8) is 0 Å². The van der Waals surface area contributed by atoms with Crippen molar-refractivity contribution in [3.05, 3.63) is 115 Å². The van der Waals surface area contributed by atoms with Gasteiger partial charge in [-0.3, -0.25) is 0 Å². The van der Waals surface area contributed by atoms with Crippen LogP contribution in [-0.2, 0) is 19.3 Å². The zero-order valence-electron chi connectivity index (χ0n) is 27.0. The van der Waals surface area contributed by atoms with E-state index in [4.69, 9.17) is 38.2 Å². The van der Waals surface area contributed by atoms with Gasteiger partial charge >= 0.3 is 11.9 Å². The number of allylic oxidation sites excluding steroid dienone is 1. The van der Waals surface area contributed by atoms with E-state index in [0.717, 1.165) is 41.9 Å². The molecule has 10 heteroatoms. The summed E-state index contributed by atoms with van der Waals surface area (Å²) in [5.74, 6) is 2.21. The van der Waals surface area contributed by atoms with Crippen LogP contribution in [0.4, 0.5) is 0 Å². The predicted octanol–water partition coefficient (Wildman–Crippen LogP) is 8.00. The van der Waals surface area contributed by atoms with Crippen molar-refractivity contribution in [1.29, 1.82) is 0 Å². The molecule has 0 aliphatic heterocycles. The van der Waals surface area contributed by atoms with E-state index < -0.39 is 11.9 Å². The first-order chi connectivity index (χ1) is 23.5. The van der Waals surface area contributed by atoms with Crippen LogP contribution in [0.2, 0.25) is 0 Å². The van der Waals surface area contributed by atoms with Gasteiger partial charge in [-0.05, 0) is 122 Å². The molecule has 0 N–H and O–H groups in total. The molecule has 4 aromatic carbocycles. The summed E-state index contributed by atoms with van der Waals surface area (Å²) in [4.78, 5) is 33.6. The zero-order chi connectivity index (χ0) is 33.8. The van der Waals surface area contributed by atoms with Gasteiger partial charge in [0.15, 0.2) is 0 Å². The van der Waals surface area contributed by atoms with E-state index in [-0.39, 0.29) is 6.79 Å². The maximum absolute atomic E-state index is 12.7. The highest BCUT2D eigenvalue weighted by Gasteiger charge is 2.10. The summed E-state index contributed by atoms with van der Waals surface area (Å²) in [7, 11) is 0. The van der Waals surface area contributed by atoms with Gasteiger partial charge in [0, 0.05) is 6.08 Å². The van der Waals surface area contributed by atoms with Gasteiger partial charge < -0.3 is 33.3 Å². The molecule has 0 aliphatic rings. The standard InChI is InChI=1S/C38H40O10/c1-3-21-46-47-25-8-7-23-42-33-17-19-34(20-18-33)44-28-45-35-15-11-31-27-36(16-12-30(31)26-35)48-38(40)29-9-13-32(14-10-29)41-22-5-6-24-43-37(39)4-2/h3-4,9-21,26-27H,2,5-8,22-25,28H2,1H3/b21-3-. The molecule has 4 rings (SSSR count). The number of fused-ring (bicyclic) bond motifs is 1. The highest BCUT2D eigenvalue weighted by molar-refractivity contribution is 5.92. The predicted molar refractivity (Wildman–Crippen MR) is 180 cm³/mol. The van der Waals surface area contributed by atoms with E-state index in [2.05, 4.69) is 6.58 Å². The van der Waals surface area contributed by atoms with Crippen LogP contribution in [-0.4, -0.2) is 45.2 Å². The van der Waals surface area contributed by atoms with Gasteiger partial charge in [0.05, 0.1) is 32.0 Å². The number of carbonyl (C=O) groups is 2. The summed E-state index contributed by atoms with van der Waals surface area (Å²) in [6.07, 6.45) is 7.45. The largest absolute Gasteiger partial charge is 0.494 e. The quantitative estimate of drug-likeness (QED) is 0.0128. The summed E-state index contributed by atoms with van der Waals surface area (Å²) in [5.41, 5.74) is 0.401. The van der Waals surface area contributed by atoms with Gasteiger partial charge in [-0.1, -0.05) is 18.7 Å². The molecule has 4 aromatic rings. The molecule has 0 aromatic heterocycles. The van der Waals surface area contributed by atoms with Crippen LogP contribution in [0.25, 0.3) is 10.8 Å². The first-order valence-corrected chi connectivity index (χ1v) is 15.7. The molecule has 0 fully saturated rings. The van der Waals surface area contributed by atoms with E-state index in [1.165, 1.54) is 6.26 Å². The normalized spacial score (nSPS) is 10.8. The van der Waals surface area contributed by atoms with Crippen LogP contribution in [0, 0.1) is 0 Å². The molecule has 0 spiro atoms. The van der Waals surface area contributed by atoms with Crippen molar-refractivity contribution in [3.8, 4) is 28.7 Å². The number of carbonyl (C=O) groups excluding carboxylic acids is 2. The van der Waals surface area contributed by atoms with Crippen molar-refractivity contribution in [2.75, 3.05) is 33.2 Å². The molecular formula is C38H40O10. The minimum absolute atomic E-state index is 0.0355. The molecule has 0 aliphatic carbocycles. The second-order valence-electron chi connectivity index (χ2n) is 10.3. The molecule has 0 amide bonds. The smallest absolute Gasteiger partial charge is 0.343 e. The van der Waals surface area contributed by atoms with Gasteiger partial charge in [-0.2, -0.15) is 4.89 Å². The monoisotopic (exact) mass is 656 g/mol. The second kappa shape index (κ2) is 19.9. The average molecular weight is 657 g/mol. The van der Waals surface area contributed by atoms with Gasteiger partial charge in [-0.15, -0.1) is 0 Å². The van der Waals surface area contributed by atoms with Crippen LogP contribution in [0.5, 0.6) is 28.7 Å². The molecule has 10 nitrogen and oxygen atoms in total. The number of unbranched alkanes of at least 4 members (excludes halogenated alkanes) is 2. The summed E-state index contributed by atoms with van der Waals surface area (Å²) >= 11 is 0. The Kier molecular flexibility index (Phi) is 14.7. The Morgan fingerprint density at radius 1 is 0.625 bits per heavy atom. The van der Waals surface area contributed by atoms with E-state index in [1.807, 2.05) is 55.5 Å². The SMILES string of the molecule is C=CC(=O)OCCCCOc1ccc(C(=O)Oc2ccc3cc(OCOc4ccc(OCCCCOO/C=C\C)cc4)ccc3c2)cc1. The fraction of sp³-hybridized carbons (Fsp3) is 0.263. The highest BCUT2D eigenvalue weighted by Crippen LogP contribution is 2.26. The number of ether oxygens (including phenoxy) is 6. The van der Waals surface area contributed by atoms with E-state index >= 15 is 0 Å². The van der Waals surface area contributed by atoms with Crippen LogP contribution in [0.1, 0.15) is 43.0 Å². The summed E-state index contributed by atoms with van der Waals surface area (Å²) in [6, 6.07) is 25.1. The fourth-order valence-electron chi connectivity index (χ4n) is 4.23. The summed E-state index contributed by atoms with van der Waals surface area (Å²) < 4.78 is 33.5. The van der Waals surface area contributed by atoms with Crippen molar-refractivity contribution in [2.45, 2.75) is 32.6 Å². The zero-order valence-corrected chi connectivity index (χ0v) is 27.0. The van der Waals surface area contributed by atoms with Crippen LogP contribution in [0.15, 0.2) is 110 Å². The maximum Gasteiger partial charge on any atom is 0.343 e.